The standard InChI is InChI=1S/C29H31F3O/c1-3-4-20-6-10-23(11-7-20)25-15-16-27(29(32)28(25)31)33-18-21-8-12-22(13-9-21)24-14-5-19(2)17-26(24)30/h5-7,10-11,14-17,21-22H,3-4,8-9,12-13,18H2,1-2H3. The first-order valence-corrected chi connectivity index (χ1v) is 11.9. The smallest absolute Gasteiger partial charge is 0.201 e. The first-order chi connectivity index (χ1) is 16.0. The SMILES string of the molecule is CCCc1ccc(-c2ccc(OCC3CCC(c4ccc(C)cc4F)CC3)c(F)c2F)cc1. The van der Waals surface area contributed by atoms with Crippen LogP contribution in [0, 0.1) is 30.3 Å². The van der Waals surface area contributed by atoms with E-state index in [0.29, 0.717) is 12.2 Å². The molecule has 3 aromatic rings. The maximum atomic E-state index is 14.8. The lowest BCUT2D eigenvalue weighted by molar-refractivity contribution is 0.192. The molecule has 1 fully saturated rings. The molecule has 1 saturated carbocycles. The molecule has 0 aromatic heterocycles. The van der Waals surface area contributed by atoms with E-state index in [1.54, 1.807) is 12.1 Å². The molecule has 0 atom stereocenters. The van der Waals surface area contributed by atoms with E-state index in [9.17, 15) is 13.2 Å². The number of rotatable bonds is 7. The Morgan fingerprint density at radius 2 is 1.58 bits per heavy atom. The van der Waals surface area contributed by atoms with Gasteiger partial charge in [-0.25, -0.2) is 8.78 Å². The number of ether oxygens (including phenoxy) is 1. The highest BCUT2D eigenvalue weighted by Gasteiger charge is 2.25. The Morgan fingerprint density at radius 3 is 2.24 bits per heavy atom. The Bertz CT molecular complexity index is 1080. The lowest BCUT2D eigenvalue weighted by Gasteiger charge is -2.29. The lowest BCUT2D eigenvalue weighted by atomic mass is 9.78. The number of halogens is 3. The quantitative estimate of drug-likeness (QED) is 0.350. The van der Waals surface area contributed by atoms with Crippen molar-refractivity contribution in [2.24, 2.45) is 5.92 Å². The fourth-order valence-electron chi connectivity index (χ4n) is 4.82. The highest BCUT2D eigenvalue weighted by Crippen LogP contribution is 2.38. The van der Waals surface area contributed by atoms with Crippen molar-refractivity contribution in [3.8, 4) is 16.9 Å². The van der Waals surface area contributed by atoms with E-state index >= 15 is 0 Å². The summed E-state index contributed by atoms with van der Waals surface area (Å²) in [5.74, 6) is -1.55. The third-order valence-corrected chi connectivity index (χ3v) is 6.77. The van der Waals surface area contributed by atoms with E-state index in [0.717, 1.165) is 49.7 Å². The molecule has 0 radical (unpaired) electrons. The summed E-state index contributed by atoms with van der Waals surface area (Å²) in [6.45, 7) is 4.33. The predicted molar refractivity (Wildman–Crippen MR) is 127 cm³/mol. The molecular weight excluding hydrogens is 421 g/mol. The highest BCUT2D eigenvalue weighted by molar-refractivity contribution is 5.65. The topological polar surface area (TPSA) is 9.23 Å². The van der Waals surface area contributed by atoms with Gasteiger partial charge in [-0.1, -0.05) is 49.7 Å². The van der Waals surface area contributed by atoms with Crippen LogP contribution in [0.2, 0.25) is 0 Å². The van der Waals surface area contributed by atoms with Crippen molar-refractivity contribution < 1.29 is 17.9 Å². The van der Waals surface area contributed by atoms with Gasteiger partial charge >= 0.3 is 0 Å². The van der Waals surface area contributed by atoms with Gasteiger partial charge in [0.1, 0.15) is 5.82 Å². The van der Waals surface area contributed by atoms with E-state index < -0.39 is 11.6 Å². The number of benzene rings is 3. The minimum atomic E-state index is -0.944. The first-order valence-electron chi connectivity index (χ1n) is 11.9. The van der Waals surface area contributed by atoms with Gasteiger partial charge in [0.25, 0.3) is 0 Å². The van der Waals surface area contributed by atoms with Crippen molar-refractivity contribution in [2.75, 3.05) is 6.61 Å². The summed E-state index contributed by atoms with van der Waals surface area (Å²) in [6.07, 6.45) is 5.51. The fraction of sp³-hybridized carbons (Fsp3) is 0.379. The lowest BCUT2D eigenvalue weighted by Crippen LogP contribution is -2.20. The van der Waals surface area contributed by atoms with Crippen LogP contribution in [0.4, 0.5) is 13.2 Å². The molecule has 3 aromatic carbocycles. The van der Waals surface area contributed by atoms with Crippen molar-refractivity contribution in [3.63, 3.8) is 0 Å². The summed E-state index contributed by atoms with van der Waals surface area (Å²) in [6, 6.07) is 16.1. The molecule has 0 spiro atoms. The molecule has 0 saturated heterocycles. The van der Waals surface area contributed by atoms with Crippen LogP contribution >= 0.6 is 0 Å². The summed E-state index contributed by atoms with van der Waals surface area (Å²) in [7, 11) is 0. The number of hydrogen-bond donors (Lipinski definition) is 0. The maximum Gasteiger partial charge on any atom is 0.201 e. The molecule has 4 rings (SSSR count). The Balaban J connectivity index is 1.36. The van der Waals surface area contributed by atoms with Crippen molar-refractivity contribution in [2.45, 2.75) is 58.3 Å². The third-order valence-electron chi connectivity index (χ3n) is 6.77. The van der Waals surface area contributed by atoms with Crippen LogP contribution in [0.3, 0.4) is 0 Å². The van der Waals surface area contributed by atoms with Crippen molar-refractivity contribution in [1.82, 2.24) is 0 Å². The molecule has 0 unspecified atom stereocenters. The minimum absolute atomic E-state index is 0.0504. The van der Waals surface area contributed by atoms with Gasteiger partial charge in [-0.3, -0.25) is 0 Å². The van der Waals surface area contributed by atoms with Crippen LogP contribution in [-0.4, -0.2) is 6.61 Å². The van der Waals surface area contributed by atoms with Gasteiger partial charge < -0.3 is 4.74 Å². The monoisotopic (exact) mass is 452 g/mol. The molecule has 0 bridgehead atoms. The molecule has 1 aliphatic carbocycles. The van der Waals surface area contributed by atoms with E-state index in [1.807, 2.05) is 43.3 Å². The van der Waals surface area contributed by atoms with Crippen molar-refractivity contribution >= 4 is 0 Å². The zero-order valence-corrected chi connectivity index (χ0v) is 19.3. The first kappa shape index (κ1) is 23.4. The summed E-state index contributed by atoms with van der Waals surface area (Å²) in [5.41, 5.74) is 3.78. The van der Waals surface area contributed by atoms with Gasteiger partial charge in [0.2, 0.25) is 5.82 Å². The Hall–Kier alpha value is -2.75. The van der Waals surface area contributed by atoms with Crippen LogP contribution < -0.4 is 4.74 Å². The van der Waals surface area contributed by atoms with Gasteiger partial charge in [-0.05, 0) is 91.3 Å². The summed E-state index contributed by atoms with van der Waals surface area (Å²) < 4.78 is 49.5. The van der Waals surface area contributed by atoms with Gasteiger partial charge in [0, 0.05) is 5.56 Å². The van der Waals surface area contributed by atoms with Crippen LogP contribution in [-0.2, 0) is 6.42 Å². The molecule has 0 aliphatic heterocycles. The average Bonchev–Trinajstić information content (AvgIpc) is 2.81. The van der Waals surface area contributed by atoms with E-state index in [1.165, 1.54) is 11.6 Å². The molecule has 4 heteroatoms. The van der Waals surface area contributed by atoms with Crippen molar-refractivity contribution in [1.29, 1.82) is 0 Å². The molecule has 174 valence electrons. The van der Waals surface area contributed by atoms with E-state index in [4.69, 9.17) is 4.74 Å². The molecule has 0 heterocycles. The molecule has 0 amide bonds. The predicted octanol–water partition coefficient (Wildman–Crippen LogP) is 8.38. The molecule has 1 aliphatic rings. The number of hydrogen-bond acceptors (Lipinski definition) is 1. The van der Waals surface area contributed by atoms with Crippen LogP contribution in [0.15, 0.2) is 54.6 Å². The largest absolute Gasteiger partial charge is 0.490 e. The molecule has 1 nitrogen and oxygen atoms in total. The second kappa shape index (κ2) is 10.5. The maximum absolute atomic E-state index is 14.8. The molecular formula is C29H31F3O. The molecule has 0 N–H and O–H groups in total. The summed E-state index contributed by atoms with van der Waals surface area (Å²) in [4.78, 5) is 0. The van der Waals surface area contributed by atoms with E-state index in [-0.39, 0.29) is 29.0 Å². The van der Waals surface area contributed by atoms with Gasteiger partial charge in [-0.15, -0.1) is 0 Å². The Kier molecular flexibility index (Phi) is 7.42. The van der Waals surface area contributed by atoms with Gasteiger partial charge in [0.05, 0.1) is 6.61 Å². The third kappa shape index (κ3) is 5.43. The van der Waals surface area contributed by atoms with Crippen molar-refractivity contribution in [3.05, 3.63) is 88.7 Å². The fourth-order valence-corrected chi connectivity index (χ4v) is 4.82. The van der Waals surface area contributed by atoms with Crippen LogP contribution in [0.1, 0.15) is 61.6 Å². The average molecular weight is 453 g/mol. The van der Waals surface area contributed by atoms with Gasteiger partial charge in [-0.2, -0.15) is 4.39 Å². The van der Waals surface area contributed by atoms with Gasteiger partial charge in [0.15, 0.2) is 11.6 Å². The Labute approximate surface area is 194 Å². The highest BCUT2D eigenvalue weighted by atomic mass is 19.2. The normalized spacial score (nSPS) is 18.3. The zero-order chi connectivity index (χ0) is 23.4. The number of aryl methyl sites for hydroxylation is 2. The van der Waals surface area contributed by atoms with Crippen LogP contribution in [0.5, 0.6) is 5.75 Å². The second-order valence-corrected chi connectivity index (χ2v) is 9.24. The van der Waals surface area contributed by atoms with E-state index in [2.05, 4.69) is 6.92 Å². The van der Waals surface area contributed by atoms with Crippen LogP contribution in [0.25, 0.3) is 11.1 Å². The second-order valence-electron chi connectivity index (χ2n) is 9.24. The zero-order valence-electron chi connectivity index (χ0n) is 19.3. The summed E-state index contributed by atoms with van der Waals surface area (Å²) in [5, 5.41) is 0. The Morgan fingerprint density at radius 1 is 0.848 bits per heavy atom. The summed E-state index contributed by atoms with van der Waals surface area (Å²) >= 11 is 0. The molecule has 33 heavy (non-hydrogen) atoms. The minimum Gasteiger partial charge on any atom is -0.490 e.